The lowest BCUT2D eigenvalue weighted by molar-refractivity contribution is -0.146. The van der Waals surface area contributed by atoms with Crippen LogP contribution in [0.1, 0.15) is 45.4 Å². The van der Waals surface area contributed by atoms with Gasteiger partial charge < -0.3 is 5.11 Å². The molecule has 19 heavy (non-hydrogen) atoms. The van der Waals surface area contributed by atoms with Gasteiger partial charge in [-0.2, -0.15) is 0 Å². The van der Waals surface area contributed by atoms with E-state index < -0.39 is 0 Å². The maximum atomic E-state index is 12.5. The van der Waals surface area contributed by atoms with Crippen LogP contribution in [-0.2, 0) is 9.59 Å². The van der Waals surface area contributed by atoms with E-state index in [1.54, 1.807) is 4.90 Å². The van der Waals surface area contributed by atoms with Gasteiger partial charge in [0.15, 0.2) is 0 Å². The molecule has 3 rings (SSSR count). The molecule has 3 fully saturated rings. The number of carbonyl (C=O) groups excluding carboxylic acids is 2. The Balaban J connectivity index is 1.82. The summed E-state index contributed by atoms with van der Waals surface area (Å²) in [5.41, 5.74) is 0. The summed E-state index contributed by atoms with van der Waals surface area (Å²) in [6.07, 6.45) is 5.69. The van der Waals surface area contributed by atoms with Crippen molar-refractivity contribution < 1.29 is 14.7 Å². The number of rotatable bonds is 2. The molecule has 2 saturated carbocycles. The van der Waals surface area contributed by atoms with Gasteiger partial charge in [0.2, 0.25) is 11.8 Å². The van der Waals surface area contributed by atoms with E-state index >= 15 is 0 Å². The Morgan fingerprint density at radius 1 is 1.11 bits per heavy atom. The standard InChI is InChI=1S/C15H23NO3/c1-9-6-11-12(7-9)15(19)16(14(11)18)13-5-3-2-4-10(13)8-17/h9-13,17H,2-8H2,1H3. The average Bonchev–Trinajstić information content (AvgIpc) is 2.89. The monoisotopic (exact) mass is 265 g/mol. The lowest BCUT2D eigenvalue weighted by atomic mass is 9.84. The zero-order valence-corrected chi connectivity index (χ0v) is 11.5. The van der Waals surface area contributed by atoms with Gasteiger partial charge >= 0.3 is 0 Å². The molecule has 2 amide bonds. The molecular formula is C15H23NO3. The molecule has 0 aromatic carbocycles. The summed E-state index contributed by atoms with van der Waals surface area (Å²) in [6.45, 7) is 2.22. The maximum absolute atomic E-state index is 12.5. The Labute approximate surface area is 114 Å². The quantitative estimate of drug-likeness (QED) is 0.771. The van der Waals surface area contributed by atoms with Crippen LogP contribution in [0.3, 0.4) is 0 Å². The van der Waals surface area contributed by atoms with Crippen LogP contribution in [0.2, 0.25) is 0 Å². The van der Waals surface area contributed by atoms with Crippen LogP contribution in [0.15, 0.2) is 0 Å². The van der Waals surface area contributed by atoms with Crippen molar-refractivity contribution in [1.82, 2.24) is 4.90 Å². The molecular weight excluding hydrogens is 242 g/mol. The van der Waals surface area contributed by atoms with Crippen molar-refractivity contribution in [1.29, 1.82) is 0 Å². The normalized spacial score (nSPS) is 42.8. The van der Waals surface area contributed by atoms with Crippen LogP contribution in [0.4, 0.5) is 0 Å². The molecule has 3 aliphatic rings. The highest BCUT2D eigenvalue weighted by Gasteiger charge is 2.54. The van der Waals surface area contributed by atoms with Crippen LogP contribution < -0.4 is 0 Å². The van der Waals surface area contributed by atoms with Crippen LogP contribution in [0.25, 0.3) is 0 Å². The molecule has 0 bridgehead atoms. The van der Waals surface area contributed by atoms with E-state index in [2.05, 4.69) is 6.92 Å². The molecule has 1 aliphatic heterocycles. The van der Waals surface area contributed by atoms with Crippen LogP contribution in [0.5, 0.6) is 0 Å². The van der Waals surface area contributed by atoms with Crippen LogP contribution in [0, 0.1) is 23.7 Å². The summed E-state index contributed by atoms with van der Waals surface area (Å²) in [5, 5.41) is 9.49. The topological polar surface area (TPSA) is 57.6 Å². The Morgan fingerprint density at radius 2 is 1.68 bits per heavy atom. The third kappa shape index (κ3) is 2.00. The first-order valence-electron chi connectivity index (χ1n) is 7.61. The molecule has 0 aromatic rings. The number of hydrogen-bond acceptors (Lipinski definition) is 3. The third-order valence-electron chi connectivity index (χ3n) is 5.34. The number of likely N-dealkylation sites (tertiary alicyclic amines) is 1. The van der Waals surface area contributed by atoms with Crippen molar-refractivity contribution >= 4 is 11.8 Å². The Kier molecular flexibility index (Phi) is 3.37. The Morgan fingerprint density at radius 3 is 2.26 bits per heavy atom. The summed E-state index contributed by atoms with van der Waals surface area (Å²) < 4.78 is 0. The first-order valence-corrected chi connectivity index (χ1v) is 7.61. The van der Waals surface area contributed by atoms with Gasteiger partial charge in [0.1, 0.15) is 0 Å². The van der Waals surface area contributed by atoms with E-state index in [1.165, 1.54) is 0 Å². The van der Waals surface area contributed by atoms with Gasteiger partial charge in [-0.15, -0.1) is 0 Å². The fraction of sp³-hybridized carbons (Fsp3) is 0.867. The Bertz CT molecular complexity index is 371. The van der Waals surface area contributed by atoms with Crippen molar-refractivity contribution in [2.24, 2.45) is 23.7 Å². The van der Waals surface area contributed by atoms with E-state index in [-0.39, 0.29) is 42.2 Å². The highest BCUT2D eigenvalue weighted by atomic mass is 16.3. The summed E-state index contributed by atoms with van der Waals surface area (Å²) in [7, 11) is 0. The first kappa shape index (κ1) is 13.1. The SMILES string of the molecule is CC1CC2C(=O)N(C3CCCCC3CO)C(=O)C2C1. The zero-order valence-electron chi connectivity index (χ0n) is 11.5. The van der Waals surface area contributed by atoms with Gasteiger partial charge in [-0.05, 0) is 31.6 Å². The number of aliphatic hydroxyl groups excluding tert-OH is 1. The van der Waals surface area contributed by atoms with Gasteiger partial charge in [0.05, 0.1) is 11.8 Å². The lowest BCUT2D eigenvalue weighted by Gasteiger charge is -2.36. The van der Waals surface area contributed by atoms with Crippen molar-refractivity contribution in [3.63, 3.8) is 0 Å². The molecule has 0 spiro atoms. The number of hydrogen-bond donors (Lipinski definition) is 1. The van der Waals surface area contributed by atoms with Crippen molar-refractivity contribution in [2.75, 3.05) is 6.61 Å². The molecule has 0 radical (unpaired) electrons. The fourth-order valence-electron chi connectivity index (χ4n) is 4.37. The fourth-order valence-corrected chi connectivity index (χ4v) is 4.37. The third-order valence-corrected chi connectivity index (χ3v) is 5.34. The molecule has 1 heterocycles. The molecule has 0 aromatic heterocycles. The molecule has 4 unspecified atom stereocenters. The van der Waals surface area contributed by atoms with E-state index in [9.17, 15) is 14.7 Å². The van der Waals surface area contributed by atoms with E-state index in [0.717, 1.165) is 38.5 Å². The highest BCUT2D eigenvalue weighted by molar-refractivity contribution is 6.05. The largest absolute Gasteiger partial charge is 0.396 e. The van der Waals surface area contributed by atoms with Gasteiger partial charge in [-0.1, -0.05) is 19.8 Å². The minimum absolute atomic E-state index is 0.0420. The number of aliphatic hydroxyl groups is 1. The first-order chi connectivity index (χ1) is 9.13. The minimum Gasteiger partial charge on any atom is -0.396 e. The maximum Gasteiger partial charge on any atom is 0.233 e. The number of amides is 2. The highest BCUT2D eigenvalue weighted by Crippen LogP contribution is 2.45. The molecule has 1 saturated heterocycles. The second kappa shape index (κ2) is 4.89. The second-order valence-electron chi connectivity index (χ2n) is 6.63. The molecule has 2 aliphatic carbocycles. The van der Waals surface area contributed by atoms with E-state index in [1.807, 2.05) is 0 Å². The predicted octanol–water partition coefficient (Wildman–Crippen LogP) is 1.57. The molecule has 4 nitrogen and oxygen atoms in total. The minimum atomic E-state index is -0.0660. The van der Waals surface area contributed by atoms with Crippen molar-refractivity contribution in [3.05, 3.63) is 0 Å². The van der Waals surface area contributed by atoms with Crippen LogP contribution in [-0.4, -0.2) is 34.5 Å². The zero-order chi connectivity index (χ0) is 13.6. The molecule has 4 heteroatoms. The number of fused-ring (bicyclic) bond motifs is 1. The van der Waals surface area contributed by atoms with E-state index in [4.69, 9.17) is 0 Å². The van der Waals surface area contributed by atoms with Gasteiger partial charge in [-0.3, -0.25) is 14.5 Å². The number of carbonyl (C=O) groups is 2. The molecule has 1 N–H and O–H groups in total. The van der Waals surface area contributed by atoms with E-state index in [0.29, 0.717) is 5.92 Å². The second-order valence-corrected chi connectivity index (χ2v) is 6.63. The van der Waals surface area contributed by atoms with Crippen LogP contribution >= 0.6 is 0 Å². The Hall–Kier alpha value is -0.900. The van der Waals surface area contributed by atoms with Crippen molar-refractivity contribution in [2.45, 2.75) is 51.5 Å². The molecule has 4 atom stereocenters. The smallest absolute Gasteiger partial charge is 0.233 e. The summed E-state index contributed by atoms with van der Waals surface area (Å²) >= 11 is 0. The predicted molar refractivity (Wildman–Crippen MR) is 70.1 cm³/mol. The van der Waals surface area contributed by atoms with Gasteiger partial charge in [0, 0.05) is 18.6 Å². The lowest BCUT2D eigenvalue weighted by Crippen LogP contribution is -2.47. The van der Waals surface area contributed by atoms with Gasteiger partial charge in [0.25, 0.3) is 0 Å². The van der Waals surface area contributed by atoms with Gasteiger partial charge in [-0.25, -0.2) is 0 Å². The summed E-state index contributed by atoms with van der Waals surface area (Å²) in [4.78, 5) is 26.6. The number of nitrogens with zero attached hydrogens (tertiary/aromatic N) is 1. The number of imide groups is 1. The molecule has 106 valence electrons. The summed E-state index contributed by atoms with van der Waals surface area (Å²) in [5.74, 6) is 0.546. The summed E-state index contributed by atoms with van der Waals surface area (Å²) in [6, 6.07) is -0.0420. The average molecular weight is 265 g/mol. The van der Waals surface area contributed by atoms with Crippen molar-refractivity contribution in [3.8, 4) is 0 Å².